The minimum absolute atomic E-state index is 0.809. The Kier molecular flexibility index (Phi) is 3.97. The molecule has 1 aromatic rings. The van der Waals surface area contributed by atoms with E-state index in [2.05, 4.69) is 37.8 Å². The molecule has 0 fully saturated rings. The predicted octanol–water partition coefficient (Wildman–Crippen LogP) is 3.83. The standard InChI is InChI=1S/C15H22NOP/c1-4-16(5-2)14-6-8-15(9-7-14)18(17)11-10-13(3)12-18/h6-9,12H,4-5,10-11H2,1-3H3/t18-/m1/s1. The summed E-state index contributed by atoms with van der Waals surface area (Å²) in [4.78, 5) is 2.30. The van der Waals surface area contributed by atoms with Crippen molar-refractivity contribution in [2.75, 3.05) is 24.2 Å². The Labute approximate surface area is 110 Å². The van der Waals surface area contributed by atoms with E-state index in [0.717, 1.165) is 31.0 Å². The number of hydrogen-bond donors (Lipinski definition) is 0. The average Bonchev–Trinajstić information content (AvgIpc) is 2.73. The molecule has 0 aromatic heterocycles. The van der Waals surface area contributed by atoms with Crippen molar-refractivity contribution in [3.63, 3.8) is 0 Å². The van der Waals surface area contributed by atoms with Crippen LogP contribution in [-0.4, -0.2) is 19.3 Å². The fourth-order valence-electron chi connectivity index (χ4n) is 2.54. The van der Waals surface area contributed by atoms with Gasteiger partial charge in [0, 0.05) is 30.2 Å². The van der Waals surface area contributed by atoms with E-state index in [1.165, 1.54) is 11.3 Å². The van der Waals surface area contributed by atoms with Gasteiger partial charge in [-0.2, -0.15) is 0 Å². The summed E-state index contributed by atoms with van der Waals surface area (Å²) >= 11 is 0. The topological polar surface area (TPSA) is 20.3 Å². The van der Waals surface area contributed by atoms with Gasteiger partial charge in [0.2, 0.25) is 0 Å². The molecule has 1 aromatic carbocycles. The van der Waals surface area contributed by atoms with Crippen LogP contribution in [0.3, 0.4) is 0 Å². The maximum Gasteiger partial charge on any atom is 0.136 e. The highest BCUT2D eigenvalue weighted by molar-refractivity contribution is 7.74. The molecular weight excluding hydrogens is 241 g/mol. The van der Waals surface area contributed by atoms with Gasteiger partial charge in [-0.15, -0.1) is 0 Å². The number of rotatable bonds is 4. The van der Waals surface area contributed by atoms with E-state index in [4.69, 9.17) is 0 Å². The zero-order chi connectivity index (χ0) is 13.2. The molecule has 1 atom stereocenters. The fraction of sp³-hybridized carbons (Fsp3) is 0.467. The first-order valence-corrected chi connectivity index (χ1v) is 8.68. The molecule has 0 spiro atoms. The molecule has 0 unspecified atom stereocenters. The second kappa shape index (κ2) is 5.32. The van der Waals surface area contributed by atoms with Gasteiger partial charge >= 0.3 is 0 Å². The molecule has 98 valence electrons. The number of anilines is 1. The Morgan fingerprint density at radius 3 is 2.22 bits per heavy atom. The molecule has 0 bridgehead atoms. The molecule has 1 heterocycles. The van der Waals surface area contributed by atoms with E-state index in [-0.39, 0.29) is 0 Å². The van der Waals surface area contributed by atoms with Gasteiger partial charge in [0.25, 0.3) is 0 Å². The molecule has 0 radical (unpaired) electrons. The molecule has 0 saturated heterocycles. The van der Waals surface area contributed by atoms with E-state index in [9.17, 15) is 4.57 Å². The lowest BCUT2D eigenvalue weighted by Crippen LogP contribution is -2.22. The molecule has 2 nitrogen and oxygen atoms in total. The normalized spacial score (nSPS) is 22.9. The predicted molar refractivity (Wildman–Crippen MR) is 80.5 cm³/mol. The van der Waals surface area contributed by atoms with E-state index in [0.29, 0.717) is 0 Å². The Hall–Kier alpha value is -1.01. The van der Waals surface area contributed by atoms with Crippen molar-refractivity contribution < 1.29 is 4.57 Å². The van der Waals surface area contributed by atoms with E-state index < -0.39 is 7.14 Å². The zero-order valence-corrected chi connectivity index (χ0v) is 12.4. The van der Waals surface area contributed by atoms with Gasteiger partial charge in [-0.3, -0.25) is 0 Å². The molecule has 0 N–H and O–H groups in total. The molecule has 2 rings (SSSR count). The average molecular weight is 263 g/mol. The second-order valence-corrected chi connectivity index (χ2v) is 7.75. The molecule has 0 aliphatic carbocycles. The third-order valence-corrected chi connectivity index (χ3v) is 6.60. The summed E-state index contributed by atoms with van der Waals surface area (Å²) < 4.78 is 12.8. The third-order valence-electron chi connectivity index (χ3n) is 3.68. The van der Waals surface area contributed by atoms with Gasteiger partial charge in [-0.1, -0.05) is 5.57 Å². The van der Waals surface area contributed by atoms with E-state index in [1.807, 2.05) is 17.9 Å². The van der Waals surface area contributed by atoms with Crippen LogP contribution in [0.15, 0.2) is 35.7 Å². The Morgan fingerprint density at radius 1 is 1.17 bits per heavy atom. The first-order chi connectivity index (χ1) is 8.59. The highest BCUT2D eigenvalue weighted by Crippen LogP contribution is 2.52. The van der Waals surface area contributed by atoms with Crippen LogP contribution in [0.2, 0.25) is 0 Å². The van der Waals surface area contributed by atoms with Gasteiger partial charge in [0.15, 0.2) is 0 Å². The summed E-state index contributed by atoms with van der Waals surface area (Å²) in [6, 6.07) is 8.29. The third kappa shape index (κ3) is 2.54. The molecule has 3 heteroatoms. The lowest BCUT2D eigenvalue weighted by Gasteiger charge is -2.21. The van der Waals surface area contributed by atoms with Crippen LogP contribution in [0.1, 0.15) is 27.2 Å². The van der Waals surface area contributed by atoms with Crippen LogP contribution >= 0.6 is 7.14 Å². The number of nitrogens with zero attached hydrogens (tertiary/aromatic N) is 1. The highest BCUT2D eigenvalue weighted by Gasteiger charge is 2.26. The number of hydrogen-bond acceptors (Lipinski definition) is 2. The van der Waals surface area contributed by atoms with Crippen molar-refractivity contribution in [2.45, 2.75) is 27.2 Å². The van der Waals surface area contributed by atoms with Crippen LogP contribution in [0.25, 0.3) is 0 Å². The lowest BCUT2D eigenvalue weighted by atomic mass is 10.3. The van der Waals surface area contributed by atoms with Crippen molar-refractivity contribution in [1.82, 2.24) is 0 Å². The summed E-state index contributed by atoms with van der Waals surface area (Å²) in [7, 11) is -2.23. The van der Waals surface area contributed by atoms with Crippen LogP contribution in [0, 0.1) is 0 Å². The lowest BCUT2D eigenvalue weighted by molar-refractivity contribution is 0.587. The van der Waals surface area contributed by atoms with E-state index in [1.54, 1.807) is 0 Å². The molecule has 18 heavy (non-hydrogen) atoms. The van der Waals surface area contributed by atoms with Crippen LogP contribution in [0.5, 0.6) is 0 Å². The smallest absolute Gasteiger partial charge is 0.136 e. The molecule has 0 amide bonds. The van der Waals surface area contributed by atoms with Crippen molar-refractivity contribution in [1.29, 1.82) is 0 Å². The summed E-state index contributed by atoms with van der Waals surface area (Å²) in [5, 5.41) is 1.01. The summed E-state index contributed by atoms with van der Waals surface area (Å²) in [5.74, 6) is 2.00. The van der Waals surface area contributed by atoms with Gasteiger partial charge in [0.05, 0.1) is 0 Å². The van der Waals surface area contributed by atoms with Crippen molar-refractivity contribution in [3.05, 3.63) is 35.7 Å². The van der Waals surface area contributed by atoms with Gasteiger partial charge < -0.3 is 9.46 Å². The molecule has 1 aliphatic rings. The molecule has 1 aliphatic heterocycles. The second-order valence-electron chi connectivity index (χ2n) is 4.93. The maximum absolute atomic E-state index is 12.8. The minimum Gasteiger partial charge on any atom is -0.372 e. The van der Waals surface area contributed by atoms with Gasteiger partial charge in [-0.25, -0.2) is 0 Å². The van der Waals surface area contributed by atoms with Gasteiger partial charge in [-0.05, 0) is 57.3 Å². The Bertz CT molecular complexity index is 486. The first kappa shape index (κ1) is 13.4. The zero-order valence-electron chi connectivity index (χ0n) is 11.5. The van der Waals surface area contributed by atoms with Gasteiger partial charge in [0.1, 0.15) is 7.14 Å². The van der Waals surface area contributed by atoms with Crippen molar-refractivity contribution in [2.24, 2.45) is 0 Å². The monoisotopic (exact) mass is 263 g/mol. The quantitative estimate of drug-likeness (QED) is 0.769. The number of allylic oxidation sites excluding steroid dienone is 1. The molecule has 0 saturated carbocycles. The van der Waals surface area contributed by atoms with Crippen LogP contribution in [0.4, 0.5) is 5.69 Å². The first-order valence-electron chi connectivity index (χ1n) is 6.71. The van der Waals surface area contributed by atoms with E-state index >= 15 is 0 Å². The molecular formula is C15H22NOP. The summed E-state index contributed by atoms with van der Waals surface area (Å²) in [6.45, 7) is 8.40. The summed E-state index contributed by atoms with van der Waals surface area (Å²) in [5.41, 5.74) is 2.49. The maximum atomic E-state index is 12.8. The van der Waals surface area contributed by atoms with Crippen molar-refractivity contribution in [3.8, 4) is 0 Å². The Morgan fingerprint density at radius 2 is 1.78 bits per heavy atom. The minimum atomic E-state index is -2.23. The fourth-order valence-corrected chi connectivity index (χ4v) is 5.25. The van der Waals surface area contributed by atoms with Crippen LogP contribution < -0.4 is 10.2 Å². The SMILES string of the molecule is CCN(CC)c1ccc([P@]2(=O)C=C(C)CC2)cc1. The van der Waals surface area contributed by atoms with Crippen molar-refractivity contribution >= 4 is 18.1 Å². The van der Waals surface area contributed by atoms with Crippen LogP contribution in [-0.2, 0) is 4.57 Å². The Balaban J connectivity index is 2.26. The highest BCUT2D eigenvalue weighted by atomic mass is 31.2. The summed E-state index contributed by atoms with van der Waals surface area (Å²) in [6.07, 6.45) is 1.79. The largest absolute Gasteiger partial charge is 0.372 e. The number of benzene rings is 1.